The molecular formula is C14H8F2N2O3. The van der Waals surface area contributed by atoms with Gasteiger partial charge in [0.2, 0.25) is 0 Å². The van der Waals surface area contributed by atoms with Crippen molar-refractivity contribution in [1.82, 2.24) is 9.97 Å². The summed E-state index contributed by atoms with van der Waals surface area (Å²) in [7, 11) is 0. The molecule has 3 aromatic rings. The molecule has 1 heterocycles. The number of nitrogens with one attached hydrogen (secondary N) is 1. The van der Waals surface area contributed by atoms with E-state index < -0.39 is 23.4 Å². The van der Waals surface area contributed by atoms with Crippen molar-refractivity contribution in [3.63, 3.8) is 0 Å². The van der Waals surface area contributed by atoms with Crippen molar-refractivity contribution in [2.45, 2.75) is 0 Å². The lowest BCUT2D eigenvalue weighted by Crippen LogP contribution is -1.94. The van der Waals surface area contributed by atoms with E-state index in [1.807, 2.05) is 0 Å². The number of carbonyl (C=O) groups is 1. The minimum Gasteiger partial charge on any atom is -0.503 e. The molecule has 0 aliphatic heterocycles. The maximum atomic E-state index is 13.3. The Hall–Kier alpha value is -2.96. The number of aromatic carboxylic acids is 1. The number of benzene rings is 2. The monoisotopic (exact) mass is 290 g/mol. The first-order valence-corrected chi connectivity index (χ1v) is 5.87. The summed E-state index contributed by atoms with van der Waals surface area (Å²) in [6.07, 6.45) is 0. The van der Waals surface area contributed by atoms with Crippen LogP contribution in [0.3, 0.4) is 0 Å². The fourth-order valence-electron chi connectivity index (χ4n) is 1.98. The molecule has 0 fully saturated rings. The molecule has 7 heteroatoms. The molecule has 5 nitrogen and oxygen atoms in total. The molecule has 0 aliphatic rings. The zero-order valence-electron chi connectivity index (χ0n) is 10.4. The van der Waals surface area contributed by atoms with Crippen LogP contribution in [0.4, 0.5) is 8.78 Å². The highest BCUT2D eigenvalue weighted by molar-refractivity contribution is 5.93. The lowest BCUT2D eigenvalue weighted by atomic mass is 10.2. The Bertz CT molecular complexity index is 851. The molecule has 106 valence electrons. The SMILES string of the molecule is O=C(O)c1ccc2nc(-c3cc(F)c(O)c(F)c3)[nH]c2c1. The van der Waals surface area contributed by atoms with Crippen molar-refractivity contribution in [2.24, 2.45) is 0 Å². The first-order chi connectivity index (χ1) is 9.95. The van der Waals surface area contributed by atoms with Crippen LogP contribution in [0, 0.1) is 11.6 Å². The lowest BCUT2D eigenvalue weighted by Gasteiger charge is -2.00. The quantitative estimate of drug-likeness (QED) is 0.677. The van der Waals surface area contributed by atoms with Gasteiger partial charge in [0.15, 0.2) is 17.4 Å². The van der Waals surface area contributed by atoms with Crippen LogP contribution in [0.1, 0.15) is 10.4 Å². The lowest BCUT2D eigenvalue weighted by molar-refractivity contribution is 0.0697. The maximum Gasteiger partial charge on any atom is 0.335 e. The minimum atomic E-state index is -1.10. The largest absolute Gasteiger partial charge is 0.503 e. The van der Waals surface area contributed by atoms with Gasteiger partial charge < -0.3 is 15.2 Å². The average Bonchev–Trinajstić information content (AvgIpc) is 2.86. The fourth-order valence-corrected chi connectivity index (χ4v) is 1.98. The number of carboxylic acids is 1. The van der Waals surface area contributed by atoms with Crippen molar-refractivity contribution in [3.8, 4) is 17.1 Å². The number of phenolic OH excluding ortho intramolecular Hbond substituents is 1. The molecule has 0 spiro atoms. The van der Waals surface area contributed by atoms with E-state index in [2.05, 4.69) is 9.97 Å². The third kappa shape index (κ3) is 2.18. The number of rotatable bonds is 2. The summed E-state index contributed by atoms with van der Waals surface area (Å²) < 4.78 is 26.7. The second kappa shape index (κ2) is 4.55. The predicted octanol–water partition coefficient (Wildman–Crippen LogP) is 2.91. The highest BCUT2D eigenvalue weighted by Gasteiger charge is 2.14. The molecule has 0 saturated heterocycles. The smallest absolute Gasteiger partial charge is 0.335 e. The maximum absolute atomic E-state index is 13.3. The van der Waals surface area contributed by atoms with Gasteiger partial charge in [-0.1, -0.05) is 0 Å². The summed E-state index contributed by atoms with van der Waals surface area (Å²) in [6.45, 7) is 0. The van der Waals surface area contributed by atoms with Crippen molar-refractivity contribution >= 4 is 17.0 Å². The van der Waals surface area contributed by atoms with Gasteiger partial charge in [-0.15, -0.1) is 0 Å². The molecular weight excluding hydrogens is 282 g/mol. The van der Waals surface area contributed by atoms with E-state index >= 15 is 0 Å². The number of hydrogen-bond acceptors (Lipinski definition) is 3. The fraction of sp³-hybridized carbons (Fsp3) is 0. The van der Waals surface area contributed by atoms with Gasteiger partial charge in [-0.3, -0.25) is 0 Å². The van der Waals surface area contributed by atoms with Crippen molar-refractivity contribution in [2.75, 3.05) is 0 Å². The topological polar surface area (TPSA) is 86.2 Å². The van der Waals surface area contributed by atoms with E-state index in [0.717, 1.165) is 12.1 Å². The Morgan fingerprint density at radius 3 is 2.43 bits per heavy atom. The Kier molecular flexibility index (Phi) is 2.83. The van der Waals surface area contributed by atoms with Crippen LogP contribution < -0.4 is 0 Å². The van der Waals surface area contributed by atoms with Gasteiger partial charge in [0.1, 0.15) is 5.82 Å². The predicted molar refractivity (Wildman–Crippen MR) is 70.1 cm³/mol. The Morgan fingerprint density at radius 2 is 1.81 bits per heavy atom. The molecule has 1 aromatic heterocycles. The molecule has 0 bridgehead atoms. The van der Waals surface area contributed by atoms with Gasteiger partial charge in [0.25, 0.3) is 0 Å². The first-order valence-electron chi connectivity index (χ1n) is 5.87. The molecule has 0 atom stereocenters. The number of fused-ring (bicyclic) bond motifs is 1. The third-order valence-electron chi connectivity index (χ3n) is 3.02. The Balaban J connectivity index is 2.15. The van der Waals surface area contributed by atoms with E-state index in [1.54, 1.807) is 0 Å². The van der Waals surface area contributed by atoms with E-state index in [1.165, 1.54) is 18.2 Å². The van der Waals surface area contributed by atoms with Crippen LogP contribution in [0.25, 0.3) is 22.4 Å². The number of carboxylic acid groups (broad SMARTS) is 1. The summed E-state index contributed by atoms with van der Waals surface area (Å²) in [5, 5.41) is 18.0. The zero-order valence-corrected chi connectivity index (χ0v) is 10.4. The molecule has 3 N–H and O–H groups in total. The normalized spacial score (nSPS) is 11.0. The highest BCUT2D eigenvalue weighted by atomic mass is 19.1. The summed E-state index contributed by atoms with van der Waals surface area (Å²) >= 11 is 0. The number of H-pyrrole nitrogens is 1. The minimum absolute atomic E-state index is 0.0702. The van der Waals surface area contributed by atoms with Gasteiger partial charge >= 0.3 is 5.97 Å². The number of aromatic hydroxyl groups is 1. The Morgan fingerprint density at radius 1 is 1.14 bits per heavy atom. The second-order valence-electron chi connectivity index (χ2n) is 4.41. The van der Waals surface area contributed by atoms with Crippen LogP contribution in [0.5, 0.6) is 5.75 Å². The molecule has 0 unspecified atom stereocenters. The van der Waals surface area contributed by atoms with Gasteiger partial charge in [0, 0.05) is 5.56 Å². The van der Waals surface area contributed by atoms with Crippen LogP contribution >= 0.6 is 0 Å². The summed E-state index contributed by atoms with van der Waals surface area (Å²) in [5.74, 6) is -4.17. The molecule has 0 saturated carbocycles. The summed E-state index contributed by atoms with van der Waals surface area (Å²) in [6, 6.07) is 6.13. The number of hydrogen-bond donors (Lipinski definition) is 3. The van der Waals surface area contributed by atoms with Gasteiger partial charge in [-0.2, -0.15) is 0 Å². The van der Waals surface area contributed by atoms with E-state index in [9.17, 15) is 13.6 Å². The number of halogens is 2. The zero-order chi connectivity index (χ0) is 15.1. The number of phenols is 1. The Labute approximate surface area is 116 Å². The van der Waals surface area contributed by atoms with Gasteiger partial charge in [-0.25, -0.2) is 18.6 Å². The third-order valence-corrected chi connectivity index (χ3v) is 3.02. The van der Waals surface area contributed by atoms with Crippen molar-refractivity contribution in [3.05, 3.63) is 47.5 Å². The number of nitrogens with zero attached hydrogens (tertiary/aromatic N) is 1. The van der Waals surface area contributed by atoms with E-state index in [4.69, 9.17) is 10.2 Å². The average molecular weight is 290 g/mol. The number of imidazole rings is 1. The van der Waals surface area contributed by atoms with Crippen molar-refractivity contribution < 1.29 is 23.8 Å². The molecule has 0 aliphatic carbocycles. The molecule has 3 rings (SSSR count). The summed E-state index contributed by atoms with van der Waals surface area (Å²) in [5.41, 5.74) is 1.07. The molecule has 0 radical (unpaired) electrons. The van der Waals surface area contributed by atoms with Crippen molar-refractivity contribution in [1.29, 1.82) is 0 Å². The second-order valence-corrected chi connectivity index (χ2v) is 4.41. The standard InChI is InChI=1S/C14H8F2N2O3/c15-8-3-7(4-9(16)12(8)19)13-17-10-2-1-6(14(20)21)5-11(10)18-13/h1-5,19H,(H,17,18)(H,20,21). The number of aromatic amines is 1. The van der Waals surface area contributed by atoms with E-state index in [-0.39, 0.29) is 17.0 Å². The molecule has 21 heavy (non-hydrogen) atoms. The summed E-state index contributed by atoms with van der Waals surface area (Å²) in [4.78, 5) is 17.8. The van der Waals surface area contributed by atoms with Gasteiger partial charge in [-0.05, 0) is 30.3 Å². The van der Waals surface area contributed by atoms with E-state index in [0.29, 0.717) is 11.0 Å². The van der Waals surface area contributed by atoms with Gasteiger partial charge in [0.05, 0.1) is 16.6 Å². The van der Waals surface area contributed by atoms with Crippen LogP contribution in [-0.4, -0.2) is 26.2 Å². The van der Waals surface area contributed by atoms with Crippen LogP contribution in [0.15, 0.2) is 30.3 Å². The first kappa shape index (κ1) is 13.0. The van der Waals surface area contributed by atoms with Crippen LogP contribution in [-0.2, 0) is 0 Å². The highest BCUT2D eigenvalue weighted by Crippen LogP contribution is 2.28. The van der Waals surface area contributed by atoms with Crippen LogP contribution in [0.2, 0.25) is 0 Å². The molecule has 0 amide bonds. The number of aromatic nitrogens is 2. The molecule has 2 aromatic carbocycles.